The molecule has 2 N–H and O–H groups in total. The molecule has 1 aromatic carbocycles. The van der Waals surface area contributed by atoms with E-state index in [9.17, 15) is 13.2 Å². The maximum absolute atomic E-state index is 12.3. The summed E-state index contributed by atoms with van der Waals surface area (Å²) < 4.78 is 27.4. The Hall–Kier alpha value is -1.70. The SMILES string of the molecule is COCC1=CCN(C(=O)c2ccc(S(N)(=O)=O)cc2)CC1. The smallest absolute Gasteiger partial charge is 0.254 e. The summed E-state index contributed by atoms with van der Waals surface area (Å²) in [5, 5.41) is 5.03. The highest BCUT2D eigenvalue weighted by atomic mass is 32.2. The molecule has 1 amide bonds. The van der Waals surface area contributed by atoms with Gasteiger partial charge in [0.2, 0.25) is 10.0 Å². The fourth-order valence-electron chi connectivity index (χ4n) is 2.18. The molecule has 0 saturated carbocycles. The summed E-state index contributed by atoms with van der Waals surface area (Å²) >= 11 is 0. The number of methoxy groups -OCH3 is 1. The van der Waals surface area contributed by atoms with Gasteiger partial charge >= 0.3 is 0 Å². The van der Waals surface area contributed by atoms with Crippen molar-refractivity contribution in [1.29, 1.82) is 0 Å². The molecule has 7 heteroatoms. The summed E-state index contributed by atoms with van der Waals surface area (Å²) in [7, 11) is -2.09. The van der Waals surface area contributed by atoms with E-state index in [1.54, 1.807) is 12.0 Å². The number of carbonyl (C=O) groups is 1. The number of nitrogens with two attached hydrogens (primary N) is 1. The largest absolute Gasteiger partial charge is 0.380 e. The topological polar surface area (TPSA) is 89.7 Å². The number of amides is 1. The number of sulfonamides is 1. The maximum atomic E-state index is 12.3. The standard InChI is InChI=1S/C14H18N2O4S/c1-20-10-11-6-8-16(9-7-11)14(17)12-2-4-13(5-3-12)21(15,18)19/h2-6H,7-10H2,1H3,(H2,15,18,19). The molecule has 0 radical (unpaired) electrons. The van der Waals surface area contributed by atoms with E-state index in [0.717, 1.165) is 6.42 Å². The third-order valence-electron chi connectivity index (χ3n) is 3.35. The Bertz CT molecular complexity index is 650. The van der Waals surface area contributed by atoms with Crippen molar-refractivity contribution < 1.29 is 17.9 Å². The number of primary sulfonamides is 1. The summed E-state index contributed by atoms with van der Waals surface area (Å²) in [6.45, 7) is 1.75. The number of ether oxygens (including phenoxy) is 1. The zero-order valence-electron chi connectivity index (χ0n) is 11.8. The Morgan fingerprint density at radius 1 is 1.33 bits per heavy atom. The number of nitrogens with zero attached hydrogens (tertiary/aromatic N) is 1. The van der Waals surface area contributed by atoms with Gasteiger partial charge in [-0.05, 0) is 36.3 Å². The summed E-state index contributed by atoms with van der Waals surface area (Å²) in [6.07, 6.45) is 2.78. The van der Waals surface area contributed by atoms with Gasteiger partial charge in [0.25, 0.3) is 5.91 Å². The Balaban J connectivity index is 2.08. The molecule has 0 atom stereocenters. The van der Waals surface area contributed by atoms with Crippen LogP contribution in [0.5, 0.6) is 0 Å². The van der Waals surface area contributed by atoms with Gasteiger partial charge in [0, 0.05) is 25.8 Å². The lowest BCUT2D eigenvalue weighted by molar-refractivity contribution is 0.0765. The Kier molecular flexibility index (Phi) is 4.76. The van der Waals surface area contributed by atoms with Crippen LogP contribution in [0.15, 0.2) is 40.8 Å². The van der Waals surface area contributed by atoms with Crippen molar-refractivity contribution in [3.05, 3.63) is 41.5 Å². The minimum atomic E-state index is -3.73. The molecular formula is C14H18N2O4S. The highest BCUT2D eigenvalue weighted by Gasteiger charge is 2.19. The van der Waals surface area contributed by atoms with E-state index in [4.69, 9.17) is 9.88 Å². The van der Waals surface area contributed by atoms with Crippen LogP contribution in [0.3, 0.4) is 0 Å². The fourth-order valence-corrected chi connectivity index (χ4v) is 2.70. The Morgan fingerprint density at radius 2 is 2.00 bits per heavy atom. The molecule has 0 spiro atoms. The first kappa shape index (κ1) is 15.7. The highest BCUT2D eigenvalue weighted by Crippen LogP contribution is 2.15. The van der Waals surface area contributed by atoms with Crippen molar-refractivity contribution in [3.8, 4) is 0 Å². The molecule has 2 rings (SSSR count). The molecule has 6 nitrogen and oxygen atoms in total. The molecule has 1 aromatic rings. The van der Waals surface area contributed by atoms with E-state index in [0.29, 0.717) is 25.3 Å². The van der Waals surface area contributed by atoms with Crippen LogP contribution in [-0.4, -0.2) is 46.0 Å². The van der Waals surface area contributed by atoms with Crippen LogP contribution in [-0.2, 0) is 14.8 Å². The number of hydrogen-bond donors (Lipinski definition) is 1. The van der Waals surface area contributed by atoms with E-state index in [1.807, 2.05) is 6.08 Å². The van der Waals surface area contributed by atoms with Crippen LogP contribution >= 0.6 is 0 Å². The third kappa shape index (κ3) is 3.90. The molecule has 1 aliphatic heterocycles. The first-order valence-corrected chi connectivity index (χ1v) is 8.05. The van der Waals surface area contributed by atoms with Gasteiger partial charge in [0.05, 0.1) is 11.5 Å². The van der Waals surface area contributed by atoms with Gasteiger partial charge in [-0.2, -0.15) is 0 Å². The molecule has 0 aliphatic carbocycles. The highest BCUT2D eigenvalue weighted by molar-refractivity contribution is 7.89. The third-order valence-corrected chi connectivity index (χ3v) is 4.28. The van der Waals surface area contributed by atoms with Crippen LogP contribution in [0.2, 0.25) is 0 Å². The zero-order chi connectivity index (χ0) is 15.5. The van der Waals surface area contributed by atoms with Crippen LogP contribution in [0.4, 0.5) is 0 Å². The lowest BCUT2D eigenvalue weighted by Gasteiger charge is -2.26. The monoisotopic (exact) mass is 310 g/mol. The second kappa shape index (κ2) is 6.38. The predicted molar refractivity (Wildman–Crippen MR) is 78.3 cm³/mol. The first-order chi connectivity index (χ1) is 9.91. The predicted octanol–water partition coefficient (Wildman–Crippen LogP) is 0.753. The van der Waals surface area contributed by atoms with Gasteiger partial charge in [-0.1, -0.05) is 6.08 Å². The molecule has 0 unspecified atom stereocenters. The van der Waals surface area contributed by atoms with Gasteiger partial charge in [-0.15, -0.1) is 0 Å². The summed E-state index contributed by atoms with van der Waals surface area (Å²) in [5.74, 6) is -0.122. The first-order valence-electron chi connectivity index (χ1n) is 6.51. The number of benzene rings is 1. The average molecular weight is 310 g/mol. The Morgan fingerprint density at radius 3 is 2.48 bits per heavy atom. The van der Waals surface area contributed by atoms with Crippen molar-refractivity contribution in [2.24, 2.45) is 5.14 Å². The lowest BCUT2D eigenvalue weighted by atomic mass is 10.1. The molecule has 1 heterocycles. The van der Waals surface area contributed by atoms with E-state index in [1.165, 1.54) is 29.8 Å². The van der Waals surface area contributed by atoms with Gasteiger partial charge in [0.1, 0.15) is 0 Å². The maximum Gasteiger partial charge on any atom is 0.254 e. The minimum absolute atomic E-state index is 0.0000270. The van der Waals surface area contributed by atoms with Crippen molar-refractivity contribution in [2.45, 2.75) is 11.3 Å². The van der Waals surface area contributed by atoms with E-state index < -0.39 is 10.0 Å². The van der Waals surface area contributed by atoms with Gasteiger partial charge in [0.15, 0.2) is 0 Å². The van der Waals surface area contributed by atoms with E-state index in [2.05, 4.69) is 0 Å². The van der Waals surface area contributed by atoms with Gasteiger partial charge in [-0.3, -0.25) is 4.79 Å². The van der Waals surface area contributed by atoms with Crippen molar-refractivity contribution in [2.75, 3.05) is 26.8 Å². The molecule has 0 fully saturated rings. The molecular weight excluding hydrogens is 292 g/mol. The van der Waals surface area contributed by atoms with Gasteiger partial charge in [-0.25, -0.2) is 13.6 Å². The number of hydrogen-bond acceptors (Lipinski definition) is 4. The Labute approximate surface area is 124 Å². The number of carbonyl (C=O) groups excluding carboxylic acids is 1. The van der Waals surface area contributed by atoms with Crippen LogP contribution in [0.1, 0.15) is 16.8 Å². The second-order valence-electron chi connectivity index (χ2n) is 4.87. The lowest BCUT2D eigenvalue weighted by Crippen LogP contribution is -2.35. The number of rotatable bonds is 4. The molecule has 114 valence electrons. The zero-order valence-corrected chi connectivity index (χ0v) is 12.6. The molecule has 0 aromatic heterocycles. The quantitative estimate of drug-likeness (QED) is 0.831. The van der Waals surface area contributed by atoms with Crippen LogP contribution in [0, 0.1) is 0 Å². The summed E-state index contributed by atoms with van der Waals surface area (Å²) in [4.78, 5) is 14.0. The van der Waals surface area contributed by atoms with E-state index >= 15 is 0 Å². The van der Waals surface area contributed by atoms with Crippen molar-refractivity contribution in [3.63, 3.8) is 0 Å². The summed E-state index contributed by atoms with van der Waals surface area (Å²) in [6, 6.07) is 5.66. The van der Waals surface area contributed by atoms with Crippen molar-refractivity contribution >= 4 is 15.9 Å². The minimum Gasteiger partial charge on any atom is -0.380 e. The van der Waals surface area contributed by atoms with Gasteiger partial charge < -0.3 is 9.64 Å². The fraction of sp³-hybridized carbons (Fsp3) is 0.357. The normalized spacial score (nSPS) is 15.7. The molecule has 21 heavy (non-hydrogen) atoms. The van der Waals surface area contributed by atoms with Crippen molar-refractivity contribution in [1.82, 2.24) is 4.90 Å². The molecule has 0 saturated heterocycles. The molecule has 1 aliphatic rings. The van der Waals surface area contributed by atoms with Crippen LogP contribution < -0.4 is 5.14 Å². The van der Waals surface area contributed by atoms with Crippen LogP contribution in [0.25, 0.3) is 0 Å². The second-order valence-corrected chi connectivity index (χ2v) is 6.43. The molecule has 0 bridgehead atoms. The van der Waals surface area contributed by atoms with E-state index in [-0.39, 0.29) is 10.8 Å². The average Bonchev–Trinajstić information content (AvgIpc) is 2.47. The summed E-state index contributed by atoms with van der Waals surface area (Å²) in [5.41, 5.74) is 1.64.